The van der Waals surface area contributed by atoms with Crippen LogP contribution in [0.1, 0.15) is 0 Å². The van der Waals surface area contributed by atoms with Gasteiger partial charge in [0.15, 0.2) is 0 Å². The van der Waals surface area contributed by atoms with E-state index >= 15 is 0 Å². The molecule has 0 aromatic heterocycles. The van der Waals surface area contributed by atoms with Gasteiger partial charge in [0.05, 0.1) is 0 Å². The van der Waals surface area contributed by atoms with E-state index in [1.54, 1.807) is 0 Å². The third-order valence-corrected chi connectivity index (χ3v) is 4.21. The van der Waals surface area contributed by atoms with Crippen LogP contribution in [0.25, 0.3) is 11.1 Å². The summed E-state index contributed by atoms with van der Waals surface area (Å²) in [4.78, 5) is 0. The predicted octanol–water partition coefficient (Wildman–Crippen LogP) is 4.52. The predicted molar refractivity (Wildman–Crippen MR) is 90.2 cm³/mol. The molecule has 0 radical (unpaired) electrons. The molecule has 98 valence electrons. The molecule has 1 heterocycles. The highest BCUT2D eigenvalue weighted by Crippen LogP contribution is 2.21. The van der Waals surface area contributed by atoms with Crippen LogP contribution in [-0.2, 0) is 0 Å². The maximum Gasteiger partial charge on any atom is 0.224 e. The van der Waals surface area contributed by atoms with Crippen molar-refractivity contribution in [2.24, 2.45) is 0 Å². The van der Waals surface area contributed by atoms with Crippen LogP contribution in [0, 0.1) is 0 Å². The van der Waals surface area contributed by atoms with Gasteiger partial charge in [-0.15, -0.1) is 17.6 Å². The van der Waals surface area contributed by atoms with Crippen LogP contribution in [0.4, 0.5) is 0 Å². The lowest BCUT2D eigenvalue weighted by Crippen LogP contribution is -2.37. The Morgan fingerprint density at radius 3 is 2.00 bits per heavy atom. The lowest BCUT2D eigenvalue weighted by molar-refractivity contribution is 1.51. The summed E-state index contributed by atoms with van der Waals surface area (Å²) in [6.07, 6.45) is 6.08. The first kappa shape index (κ1) is 13.5. The largest absolute Gasteiger partial charge is 0.224 e. The lowest BCUT2D eigenvalue weighted by Gasteiger charge is -2.16. The molecule has 0 amide bonds. The number of allylic oxidation sites excluding steroid dienone is 3. The Bertz CT molecular complexity index is 642. The van der Waals surface area contributed by atoms with E-state index in [4.69, 9.17) is 23.2 Å². The quantitative estimate of drug-likeness (QED) is 0.565. The monoisotopic (exact) mass is 298 g/mol. The highest BCUT2D eigenvalue weighted by Gasteiger charge is 2.22. The third-order valence-electron chi connectivity index (χ3n) is 3.54. The van der Waals surface area contributed by atoms with Crippen molar-refractivity contribution >= 4 is 35.4 Å². The standard InChI is InChI=1S/C17H13BCl2/c19-16-10-6-14(7-11-16)13-4-8-15(9-5-13)18-12-2-1-3-17(18)20/h1-12,17H. The zero-order valence-corrected chi connectivity index (χ0v) is 12.4. The van der Waals surface area contributed by atoms with E-state index in [1.165, 1.54) is 16.6 Å². The Kier molecular flexibility index (Phi) is 4.00. The minimum atomic E-state index is 0.0291. The van der Waals surface area contributed by atoms with Crippen LogP contribution in [0.15, 0.2) is 72.7 Å². The van der Waals surface area contributed by atoms with Crippen LogP contribution < -0.4 is 5.46 Å². The number of hydrogen-bond acceptors (Lipinski definition) is 0. The molecule has 0 spiro atoms. The molecule has 0 saturated carbocycles. The molecule has 3 rings (SSSR count). The summed E-state index contributed by atoms with van der Waals surface area (Å²) in [6, 6.07) is 16.4. The van der Waals surface area contributed by atoms with Crippen LogP contribution in [0.5, 0.6) is 0 Å². The Labute approximate surface area is 129 Å². The molecule has 0 saturated heterocycles. The van der Waals surface area contributed by atoms with Crippen molar-refractivity contribution in [1.29, 1.82) is 0 Å². The lowest BCUT2D eigenvalue weighted by atomic mass is 9.41. The van der Waals surface area contributed by atoms with E-state index in [1.807, 2.05) is 36.4 Å². The second kappa shape index (κ2) is 5.91. The maximum absolute atomic E-state index is 6.34. The van der Waals surface area contributed by atoms with E-state index in [9.17, 15) is 0 Å². The Morgan fingerprint density at radius 1 is 0.800 bits per heavy atom. The fourth-order valence-corrected chi connectivity index (χ4v) is 2.85. The summed E-state index contributed by atoms with van der Waals surface area (Å²) < 4.78 is 0. The van der Waals surface area contributed by atoms with Crippen LogP contribution >= 0.6 is 23.2 Å². The SMILES string of the molecule is Clc1ccc(-c2ccc(B3C=CC=CC3Cl)cc2)cc1. The van der Waals surface area contributed by atoms with Crippen molar-refractivity contribution in [1.82, 2.24) is 0 Å². The second-order valence-electron chi connectivity index (χ2n) is 4.87. The van der Waals surface area contributed by atoms with Gasteiger partial charge in [0.2, 0.25) is 6.71 Å². The van der Waals surface area contributed by atoms with Crippen molar-refractivity contribution in [3.8, 4) is 11.1 Å². The molecule has 0 N–H and O–H groups in total. The highest BCUT2D eigenvalue weighted by atomic mass is 35.5. The third kappa shape index (κ3) is 2.84. The van der Waals surface area contributed by atoms with Crippen molar-refractivity contribution in [2.45, 2.75) is 5.28 Å². The zero-order chi connectivity index (χ0) is 13.9. The summed E-state index contributed by atoms with van der Waals surface area (Å²) in [5, 5.41) is 0.788. The second-order valence-corrected chi connectivity index (χ2v) is 5.81. The fourth-order valence-electron chi connectivity index (χ4n) is 2.42. The van der Waals surface area contributed by atoms with Gasteiger partial charge >= 0.3 is 0 Å². The van der Waals surface area contributed by atoms with Crippen molar-refractivity contribution in [3.63, 3.8) is 0 Å². The van der Waals surface area contributed by atoms with Gasteiger partial charge < -0.3 is 0 Å². The van der Waals surface area contributed by atoms with Gasteiger partial charge in [-0.05, 0) is 23.3 Å². The van der Waals surface area contributed by atoms with E-state index < -0.39 is 0 Å². The molecule has 2 aromatic rings. The molecule has 1 atom stereocenters. The molecular weight excluding hydrogens is 286 g/mol. The maximum atomic E-state index is 6.34. The van der Waals surface area contributed by atoms with E-state index in [0.29, 0.717) is 0 Å². The van der Waals surface area contributed by atoms with E-state index in [0.717, 1.165) is 5.02 Å². The van der Waals surface area contributed by atoms with Gasteiger partial charge in [0.1, 0.15) is 0 Å². The number of halogens is 2. The van der Waals surface area contributed by atoms with Crippen LogP contribution in [-0.4, -0.2) is 12.0 Å². The van der Waals surface area contributed by atoms with Gasteiger partial charge in [-0.2, -0.15) is 0 Å². The fraction of sp³-hybridized carbons (Fsp3) is 0.0588. The number of hydrogen-bond donors (Lipinski definition) is 0. The van der Waals surface area contributed by atoms with E-state index in [2.05, 4.69) is 36.3 Å². The van der Waals surface area contributed by atoms with Crippen LogP contribution in [0.2, 0.25) is 5.02 Å². The average Bonchev–Trinajstić information content (AvgIpc) is 2.49. The number of rotatable bonds is 2. The summed E-state index contributed by atoms with van der Waals surface area (Å²) in [6.45, 7) is 0.251. The molecule has 0 aliphatic carbocycles. The molecule has 1 unspecified atom stereocenters. The molecule has 1 aliphatic rings. The van der Waals surface area contributed by atoms with Gasteiger partial charge in [-0.3, -0.25) is 0 Å². The van der Waals surface area contributed by atoms with Crippen LogP contribution in [0.3, 0.4) is 0 Å². The average molecular weight is 299 g/mol. The molecule has 0 bridgehead atoms. The smallest absolute Gasteiger partial charge is 0.127 e. The normalized spacial score (nSPS) is 17.5. The van der Waals surface area contributed by atoms with Gasteiger partial charge in [-0.25, -0.2) is 0 Å². The zero-order valence-electron chi connectivity index (χ0n) is 10.8. The topological polar surface area (TPSA) is 0 Å². The van der Waals surface area contributed by atoms with Crippen molar-refractivity contribution in [2.75, 3.05) is 0 Å². The number of alkyl halides is 1. The first-order valence-electron chi connectivity index (χ1n) is 6.59. The molecule has 1 aliphatic heterocycles. The summed E-state index contributed by atoms with van der Waals surface area (Å²) in [5.74, 6) is 2.15. The summed E-state index contributed by atoms with van der Waals surface area (Å²) in [5.41, 5.74) is 3.60. The van der Waals surface area contributed by atoms with E-state index in [-0.39, 0.29) is 12.0 Å². The summed E-state index contributed by atoms with van der Waals surface area (Å²) in [7, 11) is 0. The van der Waals surface area contributed by atoms with Gasteiger partial charge in [-0.1, -0.05) is 71.7 Å². The van der Waals surface area contributed by atoms with Gasteiger partial charge in [0.25, 0.3) is 0 Å². The molecule has 3 heteroatoms. The van der Waals surface area contributed by atoms with Crippen molar-refractivity contribution < 1.29 is 0 Å². The molecule has 2 aromatic carbocycles. The molecule has 0 nitrogen and oxygen atoms in total. The Morgan fingerprint density at radius 2 is 1.40 bits per heavy atom. The van der Waals surface area contributed by atoms with Crippen molar-refractivity contribution in [3.05, 3.63) is 77.8 Å². The number of benzene rings is 2. The molecular formula is C17H13BCl2. The Hall–Kier alpha value is -1.44. The first-order chi connectivity index (χ1) is 9.74. The minimum Gasteiger partial charge on any atom is -0.127 e. The van der Waals surface area contributed by atoms with Gasteiger partial charge in [0, 0.05) is 10.3 Å². The summed E-state index contributed by atoms with van der Waals surface area (Å²) >= 11 is 12.3. The molecule has 0 fully saturated rings. The minimum absolute atomic E-state index is 0.0291. The highest BCUT2D eigenvalue weighted by molar-refractivity contribution is 6.85. The first-order valence-corrected chi connectivity index (χ1v) is 7.40. The Balaban J connectivity index is 1.86. The molecule has 20 heavy (non-hydrogen) atoms.